The fraction of sp³-hybridized carbons (Fsp3) is 0.619. The quantitative estimate of drug-likeness (QED) is 0.411. The average Bonchev–Trinajstić information content (AvgIpc) is 2.66. The first-order valence-electron chi connectivity index (χ1n) is 9.96. The summed E-state index contributed by atoms with van der Waals surface area (Å²) in [5.41, 5.74) is 0.650. The van der Waals surface area contributed by atoms with E-state index in [1.54, 1.807) is 12.1 Å². The van der Waals surface area contributed by atoms with Crippen LogP contribution in [-0.2, 0) is 20.9 Å². The number of esters is 1. The van der Waals surface area contributed by atoms with Crippen LogP contribution in [0.1, 0.15) is 58.4 Å². The van der Waals surface area contributed by atoms with Gasteiger partial charge in [-0.2, -0.15) is 0 Å². The average molecular weight is 390 g/mol. The van der Waals surface area contributed by atoms with E-state index >= 15 is 0 Å². The molecule has 7 heteroatoms. The third-order valence-electron chi connectivity index (χ3n) is 5.22. The number of nitro benzene ring substituents is 1. The third kappa shape index (κ3) is 6.62. The van der Waals surface area contributed by atoms with Crippen molar-refractivity contribution in [1.29, 1.82) is 0 Å². The maximum Gasteiger partial charge on any atom is 0.328 e. The van der Waals surface area contributed by atoms with Gasteiger partial charge in [-0.15, -0.1) is 0 Å². The molecule has 1 fully saturated rings. The lowest BCUT2D eigenvalue weighted by Crippen LogP contribution is -2.45. The summed E-state index contributed by atoms with van der Waals surface area (Å²) in [5.74, 6) is 0.313. The minimum Gasteiger partial charge on any atom is -0.459 e. The Balaban J connectivity index is 1.92. The second-order valence-corrected chi connectivity index (χ2v) is 8.18. The van der Waals surface area contributed by atoms with E-state index in [4.69, 9.17) is 4.74 Å². The Bertz CT molecular complexity index is 679. The number of nitro groups is 1. The van der Waals surface area contributed by atoms with E-state index in [1.165, 1.54) is 12.1 Å². The van der Waals surface area contributed by atoms with Crippen LogP contribution in [0.15, 0.2) is 24.3 Å². The number of hydrogen-bond acceptors (Lipinski definition) is 5. The van der Waals surface area contributed by atoms with Crippen molar-refractivity contribution in [2.45, 2.75) is 65.5 Å². The Kier molecular flexibility index (Phi) is 7.96. The number of ether oxygens (including phenoxy) is 1. The Morgan fingerprint density at radius 1 is 1.18 bits per heavy atom. The number of nitrogens with one attached hydrogen (secondary N) is 1. The maximum atomic E-state index is 12.6. The molecule has 1 amide bonds. The molecule has 1 saturated carbocycles. The molecule has 28 heavy (non-hydrogen) atoms. The molecule has 1 aliphatic carbocycles. The molecule has 7 nitrogen and oxygen atoms in total. The van der Waals surface area contributed by atoms with Gasteiger partial charge in [0.25, 0.3) is 5.69 Å². The zero-order valence-electron chi connectivity index (χ0n) is 16.8. The zero-order valence-corrected chi connectivity index (χ0v) is 16.8. The highest BCUT2D eigenvalue weighted by Crippen LogP contribution is 2.28. The van der Waals surface area contributed by atoms with Crippen LogP contribution in [0.4, 0.5) is 5.69 Å². The molecule has 0 aliphatic heterocycles. The number of non-ortho nitro benzene ring substituents is 1. The van der Waals surface area contributed by atoms with Crippen molar-refractivity contribution in [3.63, 3.8) is 0 Å². The van der Waals surface area contributed by atoms with Crippen molar-refractivity contribution in [2.75, 3.05) is 0 Å². The molecular formula is C21H30N2O5. The van der Waals surface area contributed by atoms with E-state index in [0.29, 0.717) is 17.9 Å². The monoisotopic (exact) mass is 390 g/mol. The summed E-state index contributed by atoms with van der Waals surface area (Å²) < 4.78 is 5.37. The molecule has 0 aromatic heterocycles. The zero-order chi connectivity index (χ0) is 20.7. The lowest BCUT2D eigenvalue weighted by atomic mass is 9.82. The number of hydrogen-bond donors (Lipinski definition) is 1. The SMILES string of the molecule is CC(C)CC(NC(=O)C1CCC(C)CC1)C(=O)OCc1ccc([N+](=O)[O-])cc1. The van der Waals surface area contributed by atoms with Gasteiger partial charge in [-0.3, -0.25) is 14.9 Å². The van der Waals surface area contributed by atoms with Gasteiger partial charge in [0, 0.05) is 18.1 Å². The van der Waals surface area contributed by atoms with E-state index in [2.05, 4.69) is 12.2 Å². The van der Waals surface area contributed by atoms with E-state index in [9.17, 15) is 19.7 Å². The Morgan fingerprint density at radius 3 is 2.32 bits per heavy atom. The van der Waals surface area contributed by atoms with E-state index in [1.807, 2.05) is 13.8 Å². The summed E-state index contributed by atoms with van der Waals surface area (Å²) in [6, 6.07) is 5.20. The molecule has 1 atom stereocenters. The fourth-order valence-corrected chi connectivity index (χ4v) is 3.47. The highest BCUT2D eigenvalue weighted by Gasteiger charge is 2.29. The van der Waals surface area contributed by atoms with Crippen molar-refractivity contribution < 1.29 is 19.2 Å². The lowest BCUT2D eigenvalue weighted by molar-refractivity contribution is -0.384. The molecule has 1 aromatic rings. The summed E-state index contributed by atoms with van der Waals surface area (Å²) in [4.78, 5) is 35.4. The molecule has 1 unspecified atom stereocenters. The van der Waals surface area contributed by atoms with Gasteiger partial charge < -0.3 is 10.1 Å². The minimum atomic E-state index is -0.676. The first-order chi connectivity index (χ1) is 13.3. The normalized spacial score (nSPS) is 20.4. The van der Waals surface area contributed by atoms with E-state index in [-0.39, 0.29) is 30.0 Å². The van der Waals surface area contributed by atoms with E-state index < -0.39 is 16.9 Å². The van der Waals surface area contributed by atoms with Gasteiger partial charge in [0.05, 0.1) is 4.92 Å². The van der Waals surface area contributed by atoms with Crippen molar-refractivity contribution in [3.05, 3.63) is 39.9 Å². The lowest BCUT2D eigenvalue weighted by Gasteiger charge is -2.27. The largest absolute Gasteiger partial charge is 0.459 e. The molecule has 2 rings (SSSR count). The van der Waals surface area contributed by atoms with Gasteiger partial charge in [0.15, 0.2) is 0 Å². The van der Waals surface area contributed by atoms with Crippen LogP contribution in [0.25, 0.3) is 0 Å². The standard InChI is InChI=1S/C21H30N2O5/c1-14(2)12-19(22-20(24)17-8-4-15(3)5-9-17)21(25)28-13-16-6-10-18(11-7-16)23(26)27/h6-7,10-11,14-15,17,19H,4-5,8-9,12-13H2,1-3H3,(H,22,24). The predicted octanol–water partition coefficient (Wildman–Crippen LogP) is 4.00. The Morgan fingerprint density at radius 2 is 1.79 bits per heavy atom. The van der Waals surface area contributed by atoms with Crippen molar-refractivity contribution >= 4 is 17.6 Å². The van der Waals surface area contributed by atoms with Crippen molar-refractivity contribution in [1.82, 2.24) is 5.32 Å². The number of amides is 1. The Hall–Kier alpha value is -2.44. The highest BCUT2D eigenvalue weighted by atomic mass is 16.6. The second kappa shape index (κ2) is 10.2. The molecule has 0 bridgehead atoms. The van der Waals surface area contributed by atoms with Gasteiger partial charge >= 0.3 is 5.97 Å². The van der Waals surface area contributed by atoms with Crippen LogP contribution in [0.2, 0.25) is 0 Å². The van der Waals surface area contributed by atoms with Crippen LogP contribution in [-0.4, -0.2) is 22.8 Å². The predicted molar refractivity (Wildman–Crippen MR) is 105 cm³/mol. The summed E-state index contributed by atoms with van der Waals surface area (Å²) in [6.45, 7) is 6.20. The summed E-state index contributed by atoms with van der Waals surface area (Å²) in [5, 5.41) is 13.6. The number of carbonyl (C=O) groups excluding carboxylic acids is 2. The minimum absolute atomic E-state index is 0.0122. The van der Waals surface area contributed by atoms with Crippen LogP contribution in [0, 0.1) is 27.9 Å². The van der Waals surface area contributed by atoms with E-state index in [0.717, 1.165) is 25.7 Å². The van der Waals surface area contributed by atoms with Gasteiger partial charge in [-0.1, -0.05) is 20.8 Å². The van der Waals surface area contributed by atoms with Crippen LogP contribution < -0.4 is 5.32 Å². The maximum absolute atomic E-state index is 12.6. The van der Waals surface area contributed by atoms with Crippen LogP contribution >= 0.6 is 0 Å². The van der Waals surface area contributed by atoms with Gasteiger partial charge in [0.1, 0.15) is 12.6 Å². The van der Waals surface area contributed by atoms with Crippen molar-refractivity contribution in [2.24, 2.45) is 17.8 Å². The topological polar surface area (TPSA) is 98.5 Å². The summed E-state index contributed by atoms with van der Waals surface area (Å²) >= 11 is 0. The number of benzene rings is 1. The molecule has 154 valence electrons. The third-order valence-corrected chi connectivity index (χ3v) is 5.22. The van der Waals surface area contributed by atoms with Crippen molar-refractivity contribution in [3.8, 4) is 0 Å². The van der Waals surface area contributed by atoms with Gasteiger partial charge in [-0.25, -0.2) is 4.79 Å². The summed E-state index contributed by atoms with van der Waals surface area (Å²) in [6.07, 6.45) is 4.31. The highest BCUT2D eigenvalue weighted by molar-refractivity contribution is 5.85. The number of carbonyl (C=O) groups is 2. The molecule has 1 N–H and O–H groups in total. The first kappa shape index (κ1) is 21.9. The van der Waals surface area contributed by atoms with Gasteiger partial charge in [0.2, 0.25) is 5.91 Å². The van der Waals surface area contributed by atoms with Crippen LogP contribution in [0.5, 0.6) is 0 Å². The van der Waals surface area contributed by atoms with Gasteiger partial charge in [-0.05, 0) is 61.6 Å². The van der Waals surface area contributed by atoms with Crippen LogP contribution in [0.3, 0.4) is 0 Å². The molecule has 1 aliphatic rings. The molecule has 1 aromatic carbocycles. The number of nitrogens with zero attached hydrogens (tertiary/aromatic N) is 1. The second-order valence-electron chi connectivity index (χ2n) is 8.18. The first-order valence-corrected chi connectivity index (χ1v) is 9.96. The Labute approximate surface area is 166 Å². The molecule has 0 heterocycles. The number of rotatable bonds is 8. The fourth-order valence-electron chi connectivity index (χ4n) is 3.47. The summed E-state index contributed by atoms with van der Waals surface area (Å²) in [7, 11) is 0. The molecular weight excluding hydrogens is 360 g/mol. The molecule has 0 spiro atoms. The smallest absolute Gasteiger partial charge is 0.328 e. The molecule has 0 radical (unpaired) electrons. The molecule has 0 saturated heterocycles.